The summed E-state index contributed by atoms with van der Waals surface area (Å²) in [5.41, 5.74) is 0.514. The van der Waals surface area contributed by atoms with Gasteiger partial charge in [-0.2, -0.15) is 0 Å². The largest absolute Gasteiger partial charge is 0.439 e. The Balaban J connectivity index is 2.27. The third-order valence-corrected chi connectivity index (χ3v) is 3.00. The molecule has 0 fully saturated rings. The summed E-state index contributed by atoms with van der Waals surface area (Å²) in [6, 6.07) is 8.68. The molecule has 6 heteroatoms. The number of hydrogen-bond donors (Lipinski definition) is 0. The molecule has 0 aliphatic heterocycles. The van der Waals surface area contributed by atoms with Crippen LogP contribution >= 0.6 is 22.6 Å². The molecule has 2 rings (SSSR count). The quantitative estimate of drug-likeness (QED) is 0.478. The monoisotopic (exact) mass is 356 g/mol. The van der Waals surface area contributed by atoms with Crippen molar-refractivity contribution in [2.45, 2.75) is 6.92 Å². The Kier molecular flexibility index (Phi) is 3.75. The van der Waals surface area contributed by atoms with Crippen molar-refractivity contribution in [2.24, 2.45) is 0 Å². The fourth-order valence-electron chi connectivity index (χ4n) is 1.37. The number of rotatable bonds is 3. The van der Waals surface area contributed by atoms with Gasteiger partial charge in [-0.3, -0.25) is 10.1 Å². The maximum absolute atomic E-state index is 10.8. The molecule has 0 aliphatic rings. The molecule has 2 aromatic rings. The van der Waals surface area contributed by atoms with Gasteiger partial charge in [0.05, 0.1) is 11.0 Å². The van der Waals surface area contributed by atoms with Gasteiger partial charge in [-0.1, -0.05) is 0 Å². The summed E-state index contributed by atoms with van der Waals surface area (Å²) in [6.07, 6.45) is 1.43. The first-order valence-electron chi connectivity index (χ1n) is 5.11. The van der Waals surface area contributed by atoms with Gasteiger partial charge in [0, 0.05) is 15.3 Å². The Morgan fingerprint density at radius 2 is 2.00 bits per heavy atom. The highest BCUT2D eigenvalue weighted by Crippen LogP contribution is 2.25. The third-order valence-electron chi connectivity index (χ3n) is 2.28. The second-order valence-electron chi connectivity index (χ2n) is 3.62. The zero-order valence-electron chi connectivity index (χ0n) is 9.46. The fraction of sp³-hybridized carbons (Fsp3) is 0.0833. The van der Waals surface area contributed by atoms with Gasteiger partial charge in [-0.15, -0.1) is 0 Å². The molecule has 1 aromatic heterocycles. The SMILES string of the molecule is Cc1cnc(Oc2ccc(I)cc2)cc1[N+](=O)[O-]. The molecule has 0 bridgehead atoms. The normalized spacial score (nSPS) is 10.1. The summed E-state index contributed by atoms with van der Waals surface area (Å²) in [6.45, 7) is 1.64. The maximum Gasteiger partial charge on any atom is 0.279 e. The highest BCUT2D eigenvalue weighted by Gasteiger charge is 2.13. The van der Waals surface area contributed by atoms with E-state index in [0.717, 1.165) is 3.57 Å². The van der Waals surface area contributed by atoms with E-state index in [2.05, 4.69) is 27.6 Å². The predicted octanol–water partition coefficient (Wildman–Crippen LogP) is 3.70. The number of nitrogens with zero attached hydrogens (tertiary/aromatic N) is 2. The van der Waals surface area contributed by atoms with Crippen LogP contribution in [-0.2, 0) is 0 Å². The van der Waals surface area contributed by atoms with Gasteiger partial charge < -0.3 is 4.74 Å². The minimum absolute atomic E-state index is 0.00510. The highest BCUT2D eigenvalue weighted by molar-refractivity contribution is 14.1. The molecule has 92 valence electrons. The number of aryl methyl sites for hydroxylation is 1. The van der Waals surface area contributed by atoms with Crippen LogP contribution in [-0.4, -0.2) is 9.91 Å². The molecule has 0 aliphatic carbocycles. The molecule has 0 amide bonds. The summed E-state index contributed by atoms with van der Waals surface area (Å²) in [7, 11) is 0. The van der Waals surface area contributed by atoms with E-state index in [0.29, 0.717) is 11.3 Å². The maximum atomic E-state index is 10.8. The molecule has 1 heterocycles. The third kappa shape index (κ3) is 2.95. The predicted molar refractivity (Wildman–Crippen MR) is 74.9 cm³/mol. The summed E-state index contributed by atoms with van der Waals surface area (Å²) in [5.74, 6) is 0.814. The van der Waals surface area contributed by atoms with Crippen LogP contribution in [0.25, 0.3) is 0 Å². The molecule has 0 N–H and O–H groups in total. The van der Waals surface area contributed by atoms with E-state index >= 15 is 0 Å². The van der Waals surface area contributed by atoms with Gasteiger partial charge in [0.1, 0.15) is 5.75 Å². The van der Waals surface area contributed by atoms with E-state index in [1.54, 1.807) is 19.1 Å². The van der Waals surface area contributed by atoms with Gasteiger partial charge in [0.25, 0.3) is 5.69 Å². The van der Waals surface area contributed by atoms with Gasteiger partial charge in [-0.05, 0) is 53.8 Å². The first kappa shape index (κ1) is 12.7. The molecule has 0 spiro atoms. The van der Waals surface area contributed by atoms with E-state index in [1.807, 2.05) is 12.1 Å². The van der Waals surface area contributed by atoms with Crippen LogP contribution in [0, 0.1) is 20.6 Å². The van der Waals surface area contributed by atoms with Crippen molar-refractivity contribution in [2.75, 3.05) is 0 Å². The number of pyridine rings is 1. The van der Waals surface area contributed by atoms with Gasteiger partial charge in [0.15, 0.2) is 0 Å². The summed E-state index contributed by atoms with van der Waals surface area (Å²) >= 11 is 2.19. The molecule has 5 nitrogen and oxygen atoms in total. The number of benzene rings is 1. The molecule has 0 radical (unpaired) electrons. The minimum Gasteiger partial charge on any atom is -0.439 e. The molecule has 1 aromatic carbocycles. The van der Waals surface area contributed by atoms with E-state index in [9.17, 15) is 10.1 Å². The van der Waals surface area contributed by atoms with Crippen LogP contribution < -0.4 is 4.74 Å². The lowest BCUT2D eigenvalue weighted by atomic mass is 10.2. The van der Waals surface area contributed by atoms with Crippen LogP contribution in [0.5, 0.6) is 11.6 Å². The Hall–Kier alpha value is -1.70. The van der Waals surface area contributed by atoms with E-state index < -0.39 is 4.92 Å². The molecule has 0 saturated heterocycles. The molecule has 0 saturated carbocycles. The molecule has 0 atom stereocenters. The second-order valence-corrected chi connectivity index (χ2v) is 4.87. The van der Waals surface area contributed by atoms with Gasteiger partial charge >= 0.3 is 0 Å². The van der Waals surface area contributed by atoms with Gasteiger partial charge in [-0.25, -0.2) is 4.98 Å². The zero-order valence-corrected chi connectivity index (χ0v) is 11.6. The smallest absolute Gasteiger partial charge is 0.279 e. The summed E-state index contributed by atoms with van der Waals surface area (Å²) < 4.78 is 6.55. The lowest BCUT2D eigenvalue weighted by molar-refractivity contribution is -0.385. The molecular weight excluding hydrogens is 347 g/mol. The second kappa shape index (κ2) is 5.30. The van der Waals surface area contributed by atoms with Crippen LogP contribution in [0.15, 0.2) is 36.5 Å². The molecule has 18 heavy (non-hydrogen) atoms. The standard InChI is InChI=1S/C12H9IN2O3/c1-8-7-14-12(6-11(8)15(16)17)18-10-4-2-9(13)3-5-10/h2-7H,1H3. The zero-order chi connectivity index (χ0) is 13.1. The molecular formula is C12H9IN2O3. The van der Waals surface area contributed by atoms with E-state index in [1.165, 1.54) is 12.3 Å². The summed E-state index contributed by atoms with van der Waals surface area (Å²) in [5, 5.41) is 10.8. The van der Waals surface area contributed by atoms with Crippen LogP contribution in [0.1, 0.15) is 5.56 Å². The Labute approximate surface area is 117 Å². The van der Waals surface area contributed by atoms with Crippen LogP contribution in [0.4, 0.5) is 5.69 Å². The molecule has 0 unspecified atom stereocenters. The lowest BCUT2D eigenvalue weighted by Crippen LogP contribution is -1.95. The summed E-state index contributed by atoms with van der Waals surface area (Å²) in [4.78, 5) is 14.4. The number of aromatic nitrogens is 1. The topological polar surface area (TPSA) is 65.3 Å². The van der Waals surface area contributed by atoms with E-state index in [-0.39, 0.29) is 11.6 Å². The first-order chi connectivity index (χ1) is 8.56. The van der Waals surface area contributed by atoms with Crippen molar-refractivity contribution in [3.63, 3.8) is 0 Å². The van der Waals surface area contributed by atoms with Crippen molar-refractivity contribution >= 4 is 28.3 Å². The van der Waals surface area contributed by atoms with Crippen molar-refractivity contribution in [1.82, 2.24) is 4.98 Å². The average Bonchev–Trinajstić information content (AvgIpc) is 2.34. The average molecular weight is 356 g/mol. The first-order valence-corrected chi connectivity index (χ1v) is 6.18. The van der Waals surface area contributed by atoms with Crippen molar-refractivity contribution < 1.29 is 9.66 Å². The van der Waals surface area contributed by atoms with Crippen LogP contribution in [0.2, 0.25) is 0 Å². The highest BCUT2D eigenvalue weighted by atomic mass is 127. The Morgan fingerprint density at radius 3 is 2.61 bits per heavy atom. The van der Waals surface area contributed by atoms with Crippen LogP contribution in [0.3, 0.4) is 0 Å². The number of halogens is 1. The van der Waals surface area contributed by atoms with Crippen molar-refractivity contribution in [3.05, 3.63) is 55.8 Å². The van der Waals surface area contributed by atoms with Crippen molar-refractivity contribution in [1.29, 1.82) is 0 Å². The van der Waals surface area contributed by atoms with Crippen molar-refractivity contribution in [3.8, 4) is 11.6 Å². The van der Waals surface area contributed by atoms with Gasteiger partial charge in [0.2, 0.25) is 5.88 Å². The fourth-order valence-corrected chi connectivity index (χ4v) is 1.73. The minimum atomic E-state index is -0.447. The number of hydrogen-bond acceptors (Lipinski definition) is 4. The Bertz CT molecular complexity index is 584. The number of ether oxygens (including phenoxy) is 1. The number of nitro groups is 1. The lowest BCUT2D eigenvalue weighted by Gasteiger charge is -2.05. The van der Waals surface area contributed by atoms with E-state index in [4.69, 9.17) is 4.74 Å². The Morgan fingerprint density at radius 1 is 1.33 bits per heavy atom.